The first-order valence-electron chi connectivity index (χ1n) is 14.2. The average molecular weight is 537 g/mol. The van der Waals surface area contributed by atoms with Crippen molar-refractivity contribution in [2.75, 3.05) is 13.2 Å². The second-order valence-corrected chi connectivity index (χ2v) is 9.49. The first-order chi connectivity index (χ1) is 19.7. The van der Waals surface area contributed by atoms with Gasteiger partial charge in [0.1, 0.15) is 12.2 Å². The lowest BCUT2D eigenvalue weighted by Crippen LogP contribution is -2.17. The molecule has 40 heavy (non-hydrogen) atoms. The summed E-state index contributed by atoms with van der Waals surface area (Å²) in [5.74, 6) is 0.0424. The minimum absolute atomic E-state index is 0.0212. The molecule has 0 aromatic heterocycles. The van der Waals surface area contributed by atoms with E-state index in [1.165, 1.54) is 0 Å². The molecule has 0 aliphatic heterocycles. The molecule has 0 saturated carbocycles. The molecule has 0 amide bonds. The highest BCUT2D eigenvalue weighted by Crippen LogP contribution is 2.24. The maximum absolute atomic E-state index is 12.6. The molecule has 4 rings (SSSR count). The minimum Gasteiger partial charge on any atom is -0.365 e. The van der Waals surface area contributed by atoms with Crippen molar-refractivity contribution >= 4 is 11.6 Å². The fourth-order valence-corrected chi connectivity index (χ4v) is 4.10. The molecule has 0 spiro atoms. The first-order valence-corrected chi connectivity index (χ1v) is 14.2. The van der Waals surface area contributed by atoms with E-state index in [-0.39, 0.29) is 11.6 Å². The van der Waals surface area contributed by atoms with Gasteiger partial charge in [-0.3, -0.25) is 9.59 Å². The summed E-state index contributed by atoms with van der Waals surface area (Å²) >= 11 is 0. The predicted molar refractivity (Wildman–Crippen MR) is 162 cm³/mol. The van der Waals surface area contributed by atoms with Crippen molar-refractivity contribution in [2.45, 2.75) is 51.7 Å². The summed E-state index contributed by atoms with van der Waals surface area (Å²) in [6.07, 6.45) is 3.02. The monoisotopic (exact) mass is 536 g/mol. The van der Waals surface area contributed by atoms with E-state index in [0.29, 0.717) is 24.3 Å². The number of ether oxygens (including phenoxy) is 2. The van der Waals surface area contributed by atoms with Crippen LogP contribution >= 0.6 is 0 Å². The zero-order valence-electron chi connectivity index (χ0n) is 23.6. The molecular formula is C36H40O4. The van der Waals surface area contributed by atoms with E-state index < -0.39 is 12.2 Å². The minimum atomic E-state index is -0.509. The fourth-order valence-electron chi connectivity index (χ4n) is 4.10. The van der Waals surface area contributed by atoms with Crippen LogP contribution in [0, 0.1) is 0 Å². The topological polar surface area (TPSA) is 52.6 Å². The van der Waals surface area contributed by atoms with Gasteiger partial charge in [0.15, 0.2) is 11.6 Å². The lowest BCUT2D eigenvalue weighted by atomic mass is 10.00. The van der Waals surface area contributed by atoms with Gasteiger partial charge in [0.25, 0.3) is 0 Å². The van der Waals surface area contributed by atoms with Crippen molar-refractivity contribution in [3.8, 4) is 0 Å². The molecule has 0 saturated heterocycles. The van der Waals surface area contributed by atoms with Crippen molar-refractivity contribution < 1.29 is 19.1 Å². The van der Waals surface area contributed by atoms with Gasteiger partial charge in [0.2, 0.25) is 0 Å². The summed E-state index contributed by atoms with van der Waals surface area (Å²) < 4.78 is 11.7. The highest BCUT2D eigenvalue weighted by atomic mass is 16.5. The Labute approximate surface area is 239 Å². The number of ketones is 2. The number of rotatable bonds is 14. The van der Waals surface area contributed by atoms with E-state index >= 15 is 0 Å². The van der Waals surface area contributed by atoms with Crippen molar-refractivity contribution in [3.63, 3.8) is 0 Å². The Morgan fingerprint density at radius 2 is 0.800 bits per heavy atom. The molecule has 0 fully saturated rings. The number of hydrogen-bond acceptors (Lipinski definition) is 4. The Hall–Kier alpha value is -3.86. The van der Waals surface area contributed by atoms with Crippen LogP contribution in [0.2, 0.25) is 0 Å². The number of benzene rings is 4. The third-order valence-electron chi connectivity index (χ3n) is 6.36. The Bertz CT molecular complexity index is 1140. The van der Waals surface area contributed by atoms with E-state index in [1.807, 2.05) is 121 Å². The summed E-state index contributed by atoms with van der Waals surface area (Å²) in [7, 11) is 0. The quantitative estimate of drug-likeness (QED) is 0.119. The summed E-state index contributed by atoms with van der Waals surface area (Å²) in [4.78, 5) is 25.2. The molecule has 2 unspecified atom stereocenters. The van der Waals surface area contributed by atoms with Crippen LogP contribution in [-0.4, -0.2) is 24.8 Å². The van der Waals surface area contributed by atoms with Gasteiger partial charge in [-0.15, -0.1) is 0 Å². The van der Waals surface area contributed by atoms with E-state index in [4.69, 9.17) is 9.47 Å². The summed E-state index contributed by atoms with van der Waals surface area (Å²) in [6.45, 7) is 5.43. The van der Waals surface area contributed by atoms with Crippen LogP contribution in [0.1, 0.15) is 83.6 Å². The van der Waals surface area contributed by atoms with Crippen molar-refractivity contribution in [2.24, 2.45) is 0 Å². The number of hydrogen-bond donors (Lipinski definition) is 0. The Morgan fingerprint density at radius 3 is 1.10 bits per heavy atom. The van der Waals surface area contributed by atoms with Crippen LogP contribution in [0.5, 0.6) is 0 Å². The van der Waals surface area contributed by atoms with Crippen LogP contribution in [0.25, 0.3) is 0 Å². The van der Waals surface area contributed by atoms with E-state index in [2.05, 4.69) is 13.8 Å². The molecule has 0 aliphatic carbocycles. The number of carbonyl (C=O) groups is 2. The summed E-state index contributed by atoms with van der Waals surface area (Å²) in [6, 6.07) is 38.1. The zero-order valence-corrected chi connectivity index (χ0v) is 23.6. The summed E-state index contributed by atoms with van der Waals surface area (Å²) in [5.41, 5.74) is 3.21. The zero-order chi connectivity index (χ0) is 28.4. The van der Waals surface area contributed by atoms with E-state index in [1.54, 1.807) is 0 Å². The smallest absolute Gasteiger partial charge is 0.196 e. The maximum atomic E-state index is 12.6. The molecule has 0 aliphatic rings. The molecular weight excluding hydrogens is 496 g/mol. The molecule has 4 nitrogen and oxygen atoms in total. The molecule has 0 N–H and O–H groups in total. The summed E-state index contributed by atoms with van der Waals surface area (Å²) in [5, 5.41) is 0. The van der Waals surface area contributed by atoms with Gasteiger partial charge in [-0.05, 0) is 24.0 Å². The largest absolute Gasteiger partial charge is 0.365 e. The van der Waals surface area contributed by atoms with Crippen LogP contribution in [-0.2, 0) is 9.47 Å². The first kappa shape index (κ1) is 30.7. The molecule has 4 heteroatoms. The van der Waals surface area contributed by atoms with Crippen LogP contribution < -0.4 is 0 Å². The van der Waals surface area contributed by atoms with Crippen molar-refractivity contribution in [1.82, 2.24) is 0 Å². The lowest BCUT2D eigenvalue weighted by Gasteiger charge is -2.17. The molecule has 0 heterocycles. The fraction of sp³-hybridized carbons (Fsp3) is 0.278. The third-order valence-corrected chi connectivity index (χ3v) is 6.36. The van der Waals surface area contributed by atoms with Crippen molar-refractivity contribution in [3.05, 3.63) is 144 Å². The molecule has 208 valence electrons. The van der Waals surface area contributed by atoms with E-state index in [0.717, 1.165) is 36.8 Å². The van der Waals surface area contributed by atoms with E-state index in [9.17, 15) is 9.59 Å². The molecule has 0 bridgehead atoms. The SMILES string of the molecule is CCCCOC(C(=O)c1ccccc1)c1ccccc1.CCCCOC(C(=O)c1ccccc1)c1ccccc1. The molecule has 4 aromatic carbocycles. The van der Waals surface area contributed by atoms with Crippen LogP contribution in [0.3, 0.4) is 0 Å². The number of Topliss-reactive ketones (excluding diaryl/α,β-unsaturated/α-hetero) is 2. The van der Waals surface area contributed by atoms with Crippen LogP contribution in [0.15, 0.2) is 121 Å². The van der Waals surface area contributed by atoms with Gasteiger partial charge in [-0.25, -0.2) is 0 Å². The highest BCUT2D eigenvalue weighted by Gasteiger charge is 2.23. The predicted octanol–water partition coefficient (Wildman–Crippen LogP) is 8.85. The molecule has 4 aromatic rings. The number of carbonyl (C=O) groups excluding carboxylic acids is 2. The maximum Gasteiger partial charge on any atom is 0.196 e. The second kappa shape index (κ2) is 17.7. The normalized spacial score (nSPS) is 12.1. The van der Waals surface area contributed by atoms with Gasteiger partial charge >= 0.3 is 0 Å². The average Bonchev–Trinajstić information content (AvgIpc) is 3.03. The van der Waals surface area contributed by atoms with Gasteiger partial charge in [-0.1, -0.05) is 148 Å². The highest BCUT2D eigenvalue weighted by molar-refractivity contribution is 6.00. The Morgan fingerprint density at radius 1 is 0.500 bits per heavy atom. The second-order valence-electron chi connectivity index (χ2n) is 9.49. The molecule has 0 radical (unpaired) electrons. The molecule has 2 atom stereocenters. The van der Waals surface area contributed by atoms with Gasteiger partial charge < -0.3 is 9.47 Å². The van der Waals surface area contributed by atoms with Crippen LogP contribution in [0.4, 0.5) is 0 Å². The van der Waals surface area contributed by atoms with Crippen molar-refractivity contribution in [1.29, 1.82) is 0 Å². The Kier molecular flexibility index (Phi) is 13.6. The number of unbranched alkanes of at least 4 members (excludes halogenated alkanes) is 2. The Balaban J connectivity index is 0.000000220. The third kappa shape index (κ3) is 9.71. The van der Waals surface area contributed by atoms with Gasteiger partial charge in [0, 0.05) is 24.3 Å². The lowest BCUT2D eigenvalue weighted by molar-refractivity contribution is 0.0393. The van der Waals surface area contributed by atoms with Gasteiger partial charge in [0.05, 0.1) is 0 Å². The van der Waals surface area contributed by atoms with Gasteiger partial charge in [-0.2, -0.15) is 0 Å². The standard InChI is InChI=1S/2C18H20O2/c2*1-2-3-14-20-18(16-12-8-5-9-13-16)17(19)15-10-6-4-7-11-15/h2*4-13,18H,2-3,14H2,1H3.